The normalized spacial score (nSPS) is 18.8. The SMILES string of the molecule is CCC1=NC(F)=C(C)C1. The highest BCUT2D eigenvalue weighted by Crippen LogP contribution is 2.20. The van der Waals surface area contributed by atoms with Gasteiger partial charge in [0.25, 0.3) is 0 Å². The zero-order chi connectivity index (χ0) is 6.85. The second kappa shape index (κ2) is 2.29. The second-order valence-corrected chi connectivity index (χ2v) is 2.28. The summed E-state index contributed by atoms with van der Waals surface area (Å²) in [7, 11) is 0. The van der Waals surface area contributed by atoms with Gasteiger partial charge in [-0.3, -0.25) is 0 Å². The van der Waals surface area contributed by atoms with E-state index >= 15 is 0 Å². The van der Waals surface area contributed by atoms with E-state index in [0.717, 1.165) is 24.1 Å². The lowest BCUT2D eigenvalue weighted by Crippen LogP contribution is -1.89. The van der Waals surface area contributed by atoms with Crippen LogP contribution in [0.4, 0.5) is 4.39 Å². The Kier molecular flexibility index (Phi) is 1.65. The molecule has 0 amide bonds. The molecule has 0 unspecified atom stereocenters. The molecule has 1 aliphatic rings. The summed E-state index contributed by atoms with van der Waals surface area (Å²) in [6, 6.07) is 0. The molecule has 1 aliphatic heterocycles. The lowest BCUT2D eigenvalue weighted by Gasteiger charge is -1.89. The third-order valence-corrected chi connectivity index (χ3v) is 1.49. The molecular weight excluding hydrogens is 117 g/mol. The maximum Gasteiger partial charge on any atom is 0.212 e. The number of rotatable bonds is 1. The molecule has 0 N–H and O–H groups in total. The lowest BCUT2D eigenvalue weighted by molar-refractivity contribution is 0.621. The van der Waals surface area contributed by atoms with Crippen molar-refractivity contribution in [3.8, 4) is 0 Å². The first-order valence-electron chi connectivity index (χ1n) is 3.15. The van der Waals surface area contributed by atoms with Crippen molar-refractivity contribution >= 4 is 5.71 Å². The van der Waals surface area contributed by atoms with E-state index in [1.807, 2.05) is 6.92 Å². The van der Waals surface area contributed by atoms with Gasteiger partial charge in [-0.25, -0.2) is 4.99 Å². The molecule has 1 heterocycles. The first-order valence-corrected chi connectivity index (χ1v) is 3.15. The van der Waals surface area contributed by atoms with Crippen LogP contribution in [0, 0.1) is 0 Å². The minimum Gasteiger partial charge on any atom is -0.229 e. The van der Waals surface area contributed by atoms with Crippen LogP contribution in [-0.2, 0) is 0 Å². The predicted octanol–water partition coefficient (Wildman–Crippen LogP) is 2.44. The molecule has 2 heteroatoms. The molecule has 0 aromatic carbocycles. The summed E-state index contributed by atoms with van der Waals surface area (Å²) in [4.78, 5) is 3.72. The van der Waals surface area contributed by atoms with E-state index in [1.165, 1.54) is 0 Å². The fraction of sp³-hybridized carbons (Fsp3) is 0.571. The van der Waals surface area contributed by atoms with Crippen LogP contribution in [0.25, 0.3) is 0 Å². The van der Waals surface area contributed by atoms with Crippen LogP contribution in [0.15, 0.2) is 16.5 Å². The molecule has 0 fully saturated rings. The van der Waals surface area contributed by atoms with Crippen molar-refractivity contribution in [3.63, 3.8) is 0 Å². The first-order chi connectivity index (χ1) is 4.24. The van der Waals surface area contributed by atoms with Crippen LogP contribution < -0.4 is 0 Å². The largest absolute Gasteiger partial charge is 0.229 e. The van der Waals surface area contributed by atoms with Crippen molar-refractivity contribution in [2.75, 3.05) is 0 Å². The number of allylic oxidation sites excluding steroid dienone is 1. The van der Waals surface area contributed by atoms with Crippen molar-refractivity contribution in [1.29, 1.82) is 0 Å². The van der Waals surface area contributed by atoms with Gasteiger partial charge in [0.2, 0.25) is 5.95 Å². The summed E-state index contributed by atoms with van der Waals surface area (Å²) in [5, 5.41) is 0. The van der Waals surface area contributed by atoms with E-state index in [1.54, 1.807) is 6.92 Å². The zero-order valence-electron chi connectivity index (χ0n) is 5.74. The van der Waals surface area contributed by atoms with Crippen molar-refractivity contribution < 1.29 is 4.39 Å². The molecule has 0 atom stereocenters. The maximum absolute atomic E-state index is 12.4. The van der Waals surface area contributed by atoms with Gasteiger partial charge in [0, 0.05) is 12.1 Å². The van der Waals surface area contributed by atoms with Crippen molar-refractivity contribution in [3.05, 3.63) is 11.5 Å². The highest BCUT2D eigenvalue weighted by atomic mass is 19.1. The van der Waals surface area contributed by atoms with Gasteiger partial charge in [0.15, 0.2) is 0 Å². The average molecular weight is 127 g/mol. The summed E-state index contributed by atoms with van der Waals surface area (Å²) < 4.78 is 12.4. The van der Waals surface area contributed by atoms with Crippen molar-refractivity contribution in [1.82, 2.24) is 0 Å². The molecular formula is C7H10FN. The molecule has 0 aromatic rings. The standard InChI is InChI=1S/C7H10FN/c1-3-6-4-5(2)7(8)9-6/h3-4H2,1-2H3. The number of aliphatic imine (C=N–C) groups is 1. The average Bonchev–Trinajstić information content (AvgIpc) is 2.13. The molecule has 0 bridgehead atoms. The van der Waals surface area contributed by atoms with Gasteiger partial charge < -0.3 is 0 Å². The molecule has 0 aliphatic carbocycles. The van der Waals surface area contributed by atoms with Gasteiger partial charge in [-0.05, 0) is 18.9 Å². The van der Waals surface area contributed by atoms with E-state index in [4.69, 9.17) is 0 Å². The molecule has 0 spiro atoms. The van der Waals surface area contributed by atoms with Gasteiger partial charge in [-0.2, -0.15) is 4.39 Å². The minimum absolute atomic E-state index is 0.271. The van der Waals surface area contributed by atoms with Crippen LogP contribution in [0.1, 0.15) is 26.7 Å². The molecule has 0 aromatic heterocycles. The van der Waals surface area contributed by atoms with Crippen LogP contribution in [0.5, 0.6) is 0 Å². The van der Waals surface area contributed by atoms with E-state index in [-0.39, 0.29) is 5.95 Å². The van der Waals surface area contributed by atoms with Gasteiger partial charge in [0.1, 0.15) is 0 Å². The van der Waals surface area contributed by atoms with Gasteiger partial charge in [-0.1, -0.05) is 6.92 Å². The van der Waals surface area contributed by atoms with Gasteiger partial charge in [-0.15, -0.1) is 0 Å². The summed E-state index contributed by atoms with van der Waals surface area (Å²) in [5.41, 5.74) is 1.73. The van der Waals surface area contributed by atoms with Crippen LogP contribution in [0.2, 0.25) is 0 Å². The Bertz CT molecular complexity index is 179. The predicted molar refractivity (Wildman–Crippen MR) is 36.2 cm³/mol. The number of hydrogen-bond acceptors (Lipinski definition) is 1. The second-order valence-electron chi connectivity index (χ2n) is 2.28. The summed E-state index contributed by atoms with van der Waals surface area (Å²) in [5.74, 6) is -0.271. The molecule has 0 radical (unpaired) electrons. The number of halogens is 1. The molecule has 0 saturated heterocycles. The highest BCUT2D eigenvalue weighted by molar-refractivity contribution is 5.89. The quantitative estimate of drug-likeness (QED) is 0.480. The molecule has 50 valence electrons. The van der Waals surface area contributed by atoms with Crippen LogP contribution in [-0.4, -0.2) is 5.71 Å². The Morgan fingerprint density at radius 1 is 1.67 bits per heavy atom. The van der Waals surface area contributed by atoms with Crippen LogP contribution in [0.3, 0.4) is 0 Å². The Morgan fingerprint density at radius 2 is 2.33 bits per heavy atom. The van der Waals surface area contributed by atoms with E-state index in [9.17, 15) is 4.39 Å². The molecule has 9 heavy (non-hydrogen) atoms. The van der Waals surface area contributed by atoms with E-state index in [2.05, 4.69) is 4.99 Å². The lowest BCUT2D eigenvalue weighted by atomic mass is 10.1. The Morgan fingerprint density at radius 3 is 2.56 bits per heavy atom. The third-order valence-electron chi connectivity index (χ3n) is 1.49. The van der Waals surface area contributed by atoms with Crippen molar-refractivity contribution in [2.24, 2.45) is 4.99 Å². The van der Waals surface area contributed by atoms with E-state index in [0.29, 0.717) is 0 Å². The highest BCUT2D eigenvalue weighted by Gasteiger charge is 2.11. The fourth-order valence-electron chi connectivity index (χ4n) is 0.857. The summed E-state index contributed by atoms with van der Waals surface area (Å²) in [6.07, 6.45) is 1.60. The first kappa shape index (κ1) is 6.46. The fourth-order valence-corrected chi connectivity index (χ4v) is 0.857. The summed E-state index contributed by atoms with van der Waals surface area (Å²) >= 11 is 0. The zero-order valence-corrected chi connectivity index (χ0v) is 5.74. The Labute approximate surface area is 54.3 Å². The smallest absolute Gasteiger partial charge is 0.212 e. The number of hydrogen-bond donors (Lipinski definition) is 0. The van der Waals surface area contributed by atoms with E-state index < -0.39 is 0 Å². The Hall–Kier alpha value is -0.660. The third kappa shape index (κ3) is 1.18. The van der Waals surface area contributed by atoms with Gasteiger partial charge >= 0.3 is 0 Å². The topological polar surface area (TPSA) is 12.4 Å². The molecule has 1 nitrogen and oxygen atoms in total. The number of nitrogens with zero attached hydrogens (tertiary/aromatic N) is 1. The Balaban J connectivity index is 2.67. The molecule has 1 rings (SSSR count). The monoisotopic (exact) mass is 127 g/mol. The van der Waals surface area contributed by atoms with Crippen molar-refractivity contribution in [2.45, 2.75) is 26.7 Å². The molecule has 0 saturated carbocycles. The van der Waals surface area contributed by atoms with Gasteiger partial charge in [0.05, 0.1) is 0 Å². The maximum atomic E-state index is 12.4. The summed E-state index contributed by atoms with van der Waals surface area (Å²) in [6.45, 7) is 3.77. The van der Waals surface area contributed by atoms with Crippen LogP contribution >= 0.6 is 0 Å². The minimum atomic E-state index is -0.271.